The zero-order valence-electron chi connectivity index (χ0n) is 17.2. The van der Waals surface area contributed by atoms with Crippen molar-refractivity contribution in [2.45, 2.75) is 20.0 Å². The summed E-state index contributed by atoms with van der Waals surface area (Å²) in [7, 11) is 0. The maximum atomic E-state index is 13.5. The normalized spacial score (nSPS) is 14.4. The molecule has 4 aromatic rings. The van der Waals surface area contributed by atoms with Crippen LogP contribution in [0.25, 0.3) is 22.6 Å². The third-order valence-corrected chi connectivity index (χ3v) is 5.62. The van der Waals surface area contributed by atoms with Crippen molar-refractivity contribution in [2.75, 3.05) is 4.90 Å². The van der Waals surface area contributed by atoms with E-state index in [-0.39, 0.29) is 11.5 Å². The van der Waals surface area contributed by atoms with Crippen molar-refractivity contribution in [2.24, 2.45) is 0 Å². The van der Waals surface area contributed by atoms with Gasteiger partial charge in [0, 0.05) is 12.1 Å². The van der Waals surface area contributed by atoms with Crippen molar-refractivity contribution in [3.8, 4) is 0 Å². The zero-order valence-corrected chi connectivity index (χ0v) is 17.2. The van der Waals surface area contributed by atoms with Gasteiger partial charge in [0.15, 0.2) is 0 Å². The molecule has 152 valence electrons. The maximum absolute atomic E-state index is 13.5. The molecule has 5 rings (SSSR count). The lowest BCUT2D eigenvalue weighted by Gasteiger charge is -2.17. The molecule has 1 amide bonds. The van der Waals surface area contributed by atoms with E-state index in [1.54, 1.807) is 21.6 Å². The third kappa shape index (κ3) is 3.24. The summed E-state index contributed by atoms with van der Waals surface area (Å²) in [5.41, 5.74) is 3.86. The minimum absolute atomic E-state index is 0.0879. The first-order valence-corrected chi connectivity index (χ1v) is 10.3. The molecule has 2 heterocycles. The van der Waals surface area contributed by atoms with E-state index in [9.17, 15) is 9.59 Å². The van der Waals surface area contributed by atoms with Crippen LogP contribution in [0.3, 0.4) is 0 Å². The molecule has 1 aliphatic rings. The van der Waals surface area contributed by atoms with E-state index in [4.69, 9.17) is 4.98 Å². The van der Waals surface area contributed by atoms with E-state index >= 15 is 0 Å². The van der Waals surface area contributed by atoms with Gasteiger partial charge in [-0.05, 0) is 36.8 Å². The molecule has 0 spiro atoms. The predicted octanol–water partition coefficient (Wildman–Crippen LogP) is 4.50. The Balaban J connectivity index is 1.65. The van der Waals surface area contributed by atoms with Gasteiger partial charge in [-0.3, -0.25) is 14.2 Å². The number of carbonyl (C=O) groups is 1. The van der Waals surface area contributed by atoms with E-state index in [0.29, 0.717) is 35.4 Å². The molecule has 5 heteroatoms. The van der Waals surface area contributed by atoms with Crippen LogP contribution in [0.5, 0.6) is 0 Å². The van der Waals surface area contributed by atoms with Crippen LogP contribution in [0.4, 0.5) is 5.69 Å². The van der Waals surface area contributed by atoms with Crippen LogP contribution in [-0.4, -0.2) is 15.5 Å². The Bertz CT molecular complexity index is 1390. The lowest BCUT2D eigenvalue weighted by molar-refractivity contribution is -0.113. The lowest BCUT2D eigenvalue weighted by Crippen LogP contribution is -2.26. The molecule has 1 aromatic heterocycles. The molecular formula is C26H21N3O2. The summed E-state index contributed by atoms with van der Waals surface area (Å²) in [6.07, 6.45) is 1.75. The first-order valence-electron chi connectivity index (χ1n) is 10.3. The van der Waals surface area contributed by atoms with Gasteiger partial charge in [-0.1, -0.05) is 60.7 Å². The Labute approximate surface area is 179 Å². The molecular weight excluding hydrogens is 386 g/mol. The molecule has 0 saturated heterocycles. The summed E-state index contributed by atoms with van der Waals surface area (Å²) in [6.45, 7) is 2.87. The highest BCUT2D eigenvalue weighted by Crippen LogP contribution is 2.38. The van der Waals surface area contributed by atoms with Crippen molar-refractivity contribution in [3.63, 3.8) is 0 Å². The van der Waals surface area contributed by atoms with E-state index in [1.807, 2.05) is 79.7 Å². The fourth-order valence-corrected chi connectivity index (χ4v) is 4.10. The molecule has 0 radical (unpaired) electrons. The number of hydrogen-bond donors (Lipinski definition) is 0. The molecule has 0 atom stereocenters. The molecule has 0 bridgehead atoms. The molecule has 0 aliphatic carbocycles. The number of rotatable bonds is 4. The van der Waals surface area contributed by atoms with Crippen molar-refractivity contribution in [1.82, 2.24) is 9.55 Å². The monoisotopic (exact) mass is 407 g/mol. The largest absolute Gasteiger partial charge is 0.303 e. The molecule has 31 heavy (non-hydrogen) atoms. The summed E-state index contributed by atoms with van der Waals surface area (Å²) in [5, 5.41) is 0.579. The standard InChI is InChI=1S/C26H21N3O2/c1-2-28-24(27-22-14-8-6-13-20(22)25(28)30)16-21-19-12-7-9-15-23(19)29(26(21)31)17-18-10-4-3-5-11-18/h3-16H,2,17H2,1H3. The van der Waals surface area contributed by atoms with Crippen molar-refractivity contribution < 1.29 is 4.79 Å². The maximum Gasteiger partial charge on any atom is 0.261 e. The molecule has 3 aromatic carbocycles. The Morgan fingerprint density at radius 2 is 1.58 bits per heavy atom. The number of hydrogen-bond acceptors (Lipinski definition) is 3. The second-order valence-corrected chi connectivity index (χ2v) is 7.49. The van der Waals surface area contributed by atoms with Gasteiger partial charge in [0.05, 0.1) is 28.7 Å². The highest BCUT2D eigenvalue weighted by Gasteiger charge is 2.32. The van der Waals surface area contributed by atoms with Crippen LogP contribution < -0.4 is 10.5 Å². The quantitative estimate of drug-likeness (QED) is 0.468. The van der Waals surface area contributed by atoms with Gasteiger partial charge in [0.25, 0.3) is 11.5 Å². The van der Waals surface area contributed by atoms with Crippen molar-refractivity contribution >= 4 is 34.1 Å². The van der Waals surface area contributed by atoms with Crippen molar-refractivity contribution in [3.05, 3.63) is 106 Å². The summed E-state index contributed by atoms with van der Waals surface area (Å²) in [4.78, 5) is 32.9. The topological polar surface area (TPSA) is 55.2 Å². The van der Waals surface area contributed by atoms with Crippen LogP contribution in [0.15, 0.2) is 83.7 Å². The fraction of sp³-hybridized carbons (Fsp3) is 0.115. The summed E-state index contributed by atoms with van der Waals surface area (Å²) < 4.78 is 1.62. The SMILES string of the molecule is CCn1c(C=C2C(=O)N(Cc3ccccc3)c3ccccc32)nc2ccccc2c1=O. The third-order valence-electron chi connectivity index (χ3n) is 5.62. The van der Waals surface area contributed by atoms with Gasteiger partial charge in [-0.25, -0.2) is 4.98 Å². The zero-order chi connectivity index (χ0) is 21.4. The van der Waals surface area contributed by atoms with Crippen LogP contribution >= 0.6 is 0 Å². The predicted molar refractivity (Wildman–Crippen MR) is 124 cm³/mol. The molecule has 1 aliphatic heterocycles. The first kappa shape index (κ1) is 19.0. The van der Waals surface area contributed by atoms with E-state index in [0.717, 1.165) is 16.8 Å². The number of anilines is 1. The number of para-hydroxylation sites is 2. The van der Waals surface area contributed by atoms with Crippen LogP contribution in [0.1, 0.15) is 23.9 Å². The van der Waals surface area contributed by atoms with E-state index in [2.05, 4.69) is 0 Å². The number of carbonyl (C=O) groups excluding carboxylic acids is 1. The highest BCUT2D eigenvalue weighted by molar-refractivity contribution is 6.35. The number of aromatic nitrogens is 2. The first-order chi connectivity index (χ1) is 15.2. The number of nitrogens with zero attached hydrogens (tertiary/aromatic N) is 3. The Morgan fingerprint density at radius 1 is 0.871 bits per heavy atom. The van der Waals surface area contributed by atoms with Crippen LogP contribution in [0, 0.1) is 0 Å². The number of amides is 1. The average molecular weight is 407 g/mol. The number of fused-ring (bicyclic) bond motifs is 2. The van der Waals surface area contributed by atoms with Crippen LogP contribution in [0.2, 0.25) is 0 Å². The molecule has 5 nitrogen and oxygen atoms in total. The van der Waals surface area contributed by atoms with E-state index in [1.165, 1.54) is 0 Å². The smallest absolute Gasteiger partial charge is 0.261 e. The molecule has 0 saturated carbocycles. The van der Waals surface area contributed by atoms with Gasteiger partial charge >= 0.3 is 0 Å². The molecule has 0 unspecified atom stereocenters. The van der Waals surface area contributed by atoms with Gasteiger partial charge in [0.1, 0.15) is 5.82 Å². The lowest BCUT2D eigenvalue weighted by atomic mass is 10.1. The minimum Gasteiger partial charge on any atom is -0.303 e. The summed E-state index contributed by atoms with van der Waals surface area (Å²) in [5.74, 6) is 0.404. The van der Waals surface area contributed by atoms with Crippen LogP contribution in [-0.2, 0) is 17.9 Å². The van der Waals surface area contributed by atoms with E-state index < -0.39 is 0 Å². The summed E-state index contributed by atoms with van der Waals surface area (Å²) >= 11 is 0. The van der Waals surface area contributed by atoms with Gasteiger partial charge in [0.2, 0.25) is 0 Å². The minimum atomic E-state index is -0.0974. The van der Waals surface area contributed by atoms with Crippen molar-refractivity contribution in [1.29, 1.82) is 0 Å². The average Bonchev–Trinajstić information content (AvgIpc) is 3.06. The molecule has 0 fully saturated rings. The fourth-order valence-electron chi connectivity index (χ4n) is 4.10. The number of benzene rings is 3. The Hall–Kier alpha value is -3.99. The van der Waals surface area contributed by atoms with Gasteiger partial charge in [-0.15, -0.1) is 0 Å². The molecule has 0 N–H and O–H groups in total. The highest BCUT2D eigenvalue weighted by atomic mass is 16.2. The second kappa shape index (κ2) is 7.69. The summed E-state index contributed by atoms with van der Waals surface area (Å²) in [6, 6.07) is 25.0. The van der Waals surface area contributed by atoms with Gasteiger partial charge in [-0.2, -0.15) is 0 Å². The Morgan fingerprint density at radius 3 is 2.39 bits per heavy atom. The second-order valence-electron chi connectivity index (χ2n) is 7.49. The van der Waals surface area contributed by atoms with Gasteiger partial charge < -0.3 is 4.90 Å². The Kier molecular flexibility index (Phi) is 4.71.